The summed E-state index contributed by atoms with van der Waals surface area (Å²) in [7, 11) is 0. The van der Waals surface area contributed by atoms with E-state index in [0.29, 0.717) is 11.8 Å². The molecule has 0 spiro atoms. The zero-order chi connectivity index (χ0) is 63.2. The minimum absolute atomic E-state index is 0.471. The Morgan fingerprint density at radius 2 is 0.500 bits per heavy atom. The molecule has 13 aromatic carbocycles. The summed E-state index contributed by atoms with van der Waals surface area (Å²) in [4.78, 5) is 5.09. The fourth-order valence-electron chi connectivity index (χ4n) is 16.8. The van der Waals surface area contributed by atoms with Crippen molar-refractivity contribution in [1.29, 1.82) is 0 Å². The maximum absolute atomic E-state index is 2.68. The highest BCUT2D eigenvalue weighted by atomic mass is 15.2. The molecule has 0 atom stereocenters. The third kappa shape index (κ3) is 8.96. The summed E-state index contributed by atoms with van der Waals surface area (Å²) in [5, 5.41) is 0. The molecule has 0 unspecified atom stereocenters. The fraction of sp³-hybridized carbons (Fsp3) is 0.114. The van der Waals surface area contributed by atoms with E-state index in [1.54, 1.807) is 0 Å². The molecule has 0 N–H and O–H groups in total. The Labute approximate surface area is 557 Å². The van der Waals surface area contributed by atoms with Crippen LogP contribution >= 0.6 is 0 Å². The number of hydrogen-bond donors (Lipinski definition) is 0. The first-order valence-corrected chi connectivity index (χ1v) is 34.3. The lowest BCUT2D eigenvalue weighted by Crippen LogP contribution is -2.18. The van der Waals surface area contributed by atoms with E-state index in [9.17, 15) is 0 Å². The van der Waals surface area contributed by atoms with Crippen LogP contribution < -0.4 is 9.80 Å². The second kappa shape index (κ2) is 23.1. The second-order valence-corrected chi connectivity index (χ2v) is 26.2. The molecule has 2 saturated carbocycles. The van der Waals surface area contributed by atoms with Crippen LogP contribution in [0.2, 0.25) is 0 Å². The van der Waals surface area contributed by atoms with Crippen LogP contribution in [0.4, 0.5) is 34.1 Å². The van der Waals surface area contributed by atoms with Crippen LogP contribution in [0, 0.1) is 0 Å². The molecule has 0 radical (unpaired) electrons. The minimum atomic E-state index is 0.471. The molecule has 19 rings (SSSR count). The first-order valence-electron chi connectivity index (χ1n) is 34.3. The van der Waals surface area contributed by atoms with Gasteiger partial charge in [-0.25, -0.2) is 0 Å². The molecule has 0 bridgehead atoms. The molecular formula is C88H70N8. The van der Waals surface area contributed by atoms with E-state index >= 15 is 0 Å². The van der Waals surface area contributed by atoms with Gasteiger partial charge in [-0.05, 0) is 194 Å². The predicted molar refractivity (Wildman–Crippen MR) is 400 cm³/mol. The molecule has 2 aliphatic rings. The molecule has 2 aliphatic carbocycles. The zero-order valence-corrected chi connectivity index (χ0v) is 53.4. The van der Waals surface area contributed by atoms with Crippen molar-refractivity contribution in [2.24, 2.45) is 0 Å². The van der Waals surface area contributed by atoms with E-state index in [1.807, 2.05) is 0 Å². The van der Waals surface area contributed by atoms with Gasteiger partial charge in [-0.15, -0.1) is 0 Å². The van der Waals surface area contributed by atoms with Gasteiger partial charge in [0.25, 0.3) is 0 Å². The van der Waals surface area contributed by atoms with Gasteiger partial charge in [0, 0.05) is 45.5 Å². The van der Waals surface area contributed by atoms with E-state index in [4.69, 9.17) is 0 Å². The first-order chi connectivity index (χ1) is 47.7. The number of hydrogen-bond acceptors (Lipinski definition) is 2. The number of para-hydroxylation sites is 12. The van der Waals surface area contributed by atoms with Gasteiger partial charge in [0.05, 0.1) is 88.6 Å². The fourth-order valence-corrected chi connectivity index (χ4v) is 16.8. The van der Waals surface area contributed by atoms with Gasteiger partial charge in [-0.1, -0.05) is 196 Å². The van der Waals surface area contributed by atoms with Crippen molar-refractivity contribution < 1.29 is 0 Å². The summed E-state index contributed by atoms with van der Waals surface area (Å²) in [5.41, 5.74) is 29.1. The van der Waals surface area contributed by atoms with Gasteiger partial charge in [-0.3, -0.25) is 0 Å². The highest BCUT2D eigenvalue weighted by molar-refractivity contribution is 6.13. The van der Waals surface area contributed by atoms with Crippen LogP contribution in [0.1, 0.15) is 74.3 Å². The summed E-state index contributed by atoms with van der Waals surface area (Å²) in [6.07, 6.45) is 9.79. The van der Waals surface area contributed by atoms with Crippen molar-refractivity contribution in [1.82, 2.24) is 27.1 Å². The van der Waals surface area contributed by atoms with E-state index in [2.05, 4.69) is 352 Å². The Kier molecular flexibility index (Phi) is 13.4. The Bertz CT molecular complexity index is 5740. The van der Waals surface area contributed by atoms with E-state index < -0.39 is 0 Å². The molecule has 2 fully saturated rings. The molecule has 462 valence electrons. The Hall–Kier alpha value is -11.7. The lowest BCUT2D eigenvalue weighted by Gasteiger charge is -2.33. The number of anilines is 6. The molecule has 4 heterocycles. The minimum Gasteiger partial charge on any atom is -0.310 e. The van der Waals surface area contributed by atoms with Crippen molar-refractivity contribution in [3.05, 3.63) is 327 Å². The van der Waals surface area contributed by atoms with Crippen molar-refractivity contribution in [2.75, 3.05) is 9.80 Å². The SMILES string of the molecule is c1ccc(N(c2ccccc2)c2cc3c4c(c2)n(-c2ccccc2)c2cc5c(cc2n4c2ccccc2n3-c2ccccc2)n2c3ccccc3n(-c3ccccc3)c3cc(N(c4ccccc4C4CCCC4)c4ccccc4C4CCCC4)cc(c32)n5-c2ccccc2)cc1. The molecule has 0 aliphatic heterocycles. The van der Waals surface area contributed by atoms with Crippen molar-refractivity contribution >= 4 is 111 Å². The number of fused-ring (bicyclic) bond motifs is 8. The Morgan fingerprint density at radius 3 is 0.865 bits per heavy atom. The standard InChI is InChI=1S/C88H70N8/c1-7-35-63(36-8-1)89(64-37-9-2-10-38-64)69-55-83-87-85(56-69)92(67-43-15-5-16-44-67)79-59-80-82(60-81(79)95(87)77-53-29-27-51-75(77)90(83)65-39-11-3-12-40-65)96-78-54-30-28-52-76(78)91(66-41-13-4-14-42-66)84-57-70(58-86(88(84)96)93(80)68-45-17-6-18-46-68)94(73-49-25-23-47-71(73)61-31-19-20-32-61)74-50-26-24-48-72(74)62-33-21-22-34-62/h1-18,23-30,35-62H,19-22,31-34H2. The van der Waals surface area contributed by atoms with Crippen LogP contribution in [0.3, 0.4) is 0 Å². The summed E-state index contributed by atoms with van der Waals surface area (Å²) >= 11 is 0. The molecule has 8 nitrogen and oxygen atoms in total. The maximum atomic E-state index is 2.68. The van der Waals surface area contributed by atoms with Gasteiger partial charge in [0.15, 0.2) is 0 Å². The number of rotatable bonds is 12. The van der Waals surface area contributed by atoms with Crippen LogP contribution in [-0.2, 0) is 0 Å². The number of aromatic nitrogens is 6. The lowest BCUT2D eigenvalue weighted by atomic mass is 9.92. The first kappa shape index (κ1) is 55.9. The Morgan fingerprint density at radius 1 is 0.219 bits per heavy atom. The van der Waals surface area contributed by atoms with Gasteiger partial charge in [0.2, 0.25) is 0 Å². The van der Waals surface area contributed by atoms with Gasteiger partial charge >= 0.3 is 0 Å². The van der Waals surface area contributed by atoms with Crippen molar-refractivity contribution in [3.8, 4) is 22.7 Å². The van der Waals surface area contributed by atoms with Gasteiger partial charge in [0.1, 0.15) is 0 Å². The normalized spacial score (nSPS) is 13.8. The van der Waals surface area contributed by atoms with E-state index in [-0.39, 0.29) is 0 Å². The van der Waals surface area contributed by atoms with Crippen LogP contribution in [0.15, 0.2) is 315 Å². The predicted octanol–water partition coefficient (Wildman–Crippen LogP) is 23.7. The smallest absolute Gasteiger partial charge is 0.0949 e. The molecule has 0 amide bonds. The molecule has 4 aromatic heterocycles. The summed E-state index contributed by atoms with van der Waals surface area (Å²) in [6, 6.07) is 118. The topological polar surface area (TPSA) is 35.0 Å². The lowest BCUT2D eigenvalue weighted by molar-refractivity contribution is 0.718. The summed E-state index contributed by atoms with van der Waals surface area (Å²) < 4.78 is 15.3. The van der Waals surface area contributed by atoms with Crippen molar-refractivity contribution in [3.63, 3.8) is 0 Å². The maximum Gasteiger partial charge on any atom is 0.0949 e. The van der Waals surface area contributed by atoms with Crippen LogP contribution in [0.5, 0.6) is 0 Å². The van der Waals surface area contributed by atoms with Gasteiger partial charge in [-0.2, -0.15) is 0 Å². The van der Waals surface area contributed by atoms with Crippen LogP contribution in [-0.4, -0.2) is 27.1 Å². The quantitative estimate of drug-likeness (QED) is 0.0903. The molecule has 17 aromatic rings. The summed E-state index contributed by atoms with van der Waals surface area (Å²) in [5.74, 6) is 0.941. The van der Waals surface area contributed by atoms with Gasteiger partial charge < -0.3 is 36.9 Å². The molecule has 96 heavy (non-hydrogen) atoms. The number of benzene rings is 13. The van der Waals surface area contributed by atoms with E-state index in [1.165, 1.54) is 73.9 Å². The second-order valence-electron chi connectivity index (χ2n) is 26.2. The highest BCUT2D eigenvalue weighted by Crippen LogP contribution is 2.51. The summed E-state index contributed by atoms with van der Waals surface area (Å²) in [6.45, 7) is 0. The van der Waals surface area contributed by atoms with Crippen LogP contribution in [0.25, 0.3) is 100.0 Å². The molecule has 8 heteroatoms. The average molecular weight is 1240 g/mol. The molecule has 0 saturated heterocycles. The largest absolute Gasteiger partial charge is 0.310 e. The third-order valence-electron chi connectivity index (χ3n) is 20.8. The zero-order valence-electron chi connectivity index (χ0n) is 53.4. The molecular weight excluding hydrogens is 1170 g/mol. The average Bonchev–Trinajstić information content (AvgIpc) is 0.732. The Balaban J connectivity index is 1.04. The number of nitrogens with zero attached hydrogens (tertiary/aromatic N) is 8. The highest BCUT2D eigenvalue weighted by Gasteiger charge is 2.31. The van der Waals surface area contributed by atoms with Crippen molar-refractivity contribution in [2.45, 2.75) is 63.2 Å². The third-order valence-corrected chi connectivity index (χ3v) is 20.8. The van der Waals surface area contributed by atoms with E-state index in [0.717, 1.165) is 123 Å². The monoisotopic (exact) mass is 1240 g/mol.